The molecule has 1 fully saturated rings. The summed E-state index contributed by atoms with van der Waals surface area (Å²) in [5.41, 5.74) is 0.504. The molecule has 0 heterocycles. The van der Waals surface area contributed by atoms with E-state index in [2.05, 4.69) is 0 Å². The van der Waals surface area contributed by atoms with Crippen LogP contribution in [0, 0.1) is 0 Å². The molecule has 2 rings (SSSR count). The minimum Gasteiger partial charge on any atom is -0.480 e. The number of carbonyl (C=O) groups excluding carboxylic acids is 1. The van der Waals surface area contributed by atoms with E-state index in [9.17, 15) is 9.59 Å². The fourth-order valence-corrected chi connectivity index (χ4v) is 2.55. The second kappa shape index (κ2) is 4.80. The van der Waals surface area contributed by atoms with Crippen molar-refractivity contribution in [1.29, 1.82) is 0 Å². The minimum atomic E-state index is -0.978. The van der Waals surface area contributed by atoms with Gasteiger partial charge in [-0.3, -0.25) is 9.59 Å². The molecule has 18 heavy (non-hydrogen) atoms. The first-order valence-electron chi connectivity index (χ1n) is 6.09. The van der Waals surface area contributed by atoms with Gasteiger partial charge in [0.2, 0.25) is 5.91 Å². The fourth-order valence-electron chi connectivity index (χ4n) is 2.55. The van der Waals surface area contributed by atoms with Crippen molar-refractivity contribution in [2.45, 2.75) is 24.7 Å². The third-order valence-corrected chi connectivity index (χ3v) is 3.66. The maximum atomic E-state index is 12.4. The predicted molar refractivity (Wildman–Crippen MR) is 67.2 cm³/mol. The van der Waals surface area contributed by atoms with E-state index in [4.69, 9.17) is 5.11 Å². The lowest BCUT2D eigenvalue weighted by Gasteiger charge is -2.42. The molecule has 96 valence electrons. The molecule has 0 aromatic heterocycles. The van der Waals surface area contributed by atoms with Gasteiger partial charge in [0.05, 0.1) is 5.41 Å². The summed E-state index contributed by atoms with van der Waals surface area (Å²) in [7, 11) is 1.56. The lowest BCUT2D eigenvalue weighted by molar-refractivity contribution is -0.147. The molecule has 1 amide bonds. The largest absolute Gasteiger partial charge is 0.480 e. The Balaban J connectivity index is 2.23. The number of amides is 1. The maximum absolute atomic E-state index is 12.4. The first-order chi connectivity index (χ1) is 8.56. The van der Waals surface area contributed by atoms with Crippen LogP contribution in [0.3, 0.4) is 0 Å². The molecule has 0 unspecified atom stereocenters. The summed E-state index contributed by atoms with van der Waals surface area (Å²) >= 11 is 0. The topological polar surface area (TPSA) is 57.6 Å². The number of hydrogen-bond acceptors (Lipinski definition) is 2. The number of benzene rings is 1. The number of rotatable bonds is 4. The number of likely N-dealkylation sites (N-methyl/N-ethyl adjacent to an activating group) is 1. The molecule has 1 aliphatic rings. The zero-order valence-electron chi connectivity index (χ0n) is 10.4. The number of aliphatic carboxylic acids is 1. The zero-order chi connectivity index (χ0) is 13.2. The normalized spacial score (nSPS) is 16.7. The van der Waals surface area contributed by atoms with Gasteiger partial charge in [-0.2, -0.15) is 0 Å². The summed E-state index contributed by atoms with van der Waals surface area (Å²) in [6.45, 7) is -0.243. The SMILES string of the molecule is CN(CC(=O)O)C(=O)C1(c2ccccc2)CCC1. The van der Waals surface area contributed by atoms with E-state index in [0.717, 1.165) is 24.8 Å². The second-order valence-corrected chi connectivity index (χ2v) is 4.86. The van der Waals surface area contributed by atoms with E-state index >= 15 is 0 Å². The van der Waals surface area contributed by atoms with E-state index in [1.807, 2.05) is 30.3 Å². The van der Waals surface area contributed by atoms with E-state index in [1.165, 1.54) is 4.90 Å². The summed E-state index contributed by atoms with van der Waals surface area (Å²) in [4.78, 5) is 24.4. The number of carboxylic acid groups (broad SMARTS) is 1. The molecule has 4 nitrogen and oxygen atoms in total. The first kappa shape index (κ1) is 12.6. The molecule has 0 atom stereocenters. The predicted octanol–water partition coefficient (Wildman–Crippen LogP) is 1.65. The molecule has 1 aromatic carbocycles. The van der Waals surface area contributed by atoms with Gasteiger partial charge in [0, 0.05) is 7.05 Å². The van der Waals surface area contributed by atoms with Crippen LogP contribution in [-0.2, 0) is 15.0 Å². The van der Waals surface area contributed by atoms with Crippen LogP contribution in [0.15, 0.2) is 30.3 Å². The molecular weight excluding hydrogens is 230 g/mol. The molecule has 0 aliphatic heterocycles. The molecule has 0 bridgehead atoms. The zero-order valence-corrected chi connectivity index (χ0v) is 10.4. The van der Waals surface area contributed by atoms with Gasteiger partial charge in [-0.15, -0.1) is 0 Å². The highest BCUT2D eigenvalue weighted by molar-refractivity contribution is 5.91. The summed E-state index contributed by atoms with van der Waals surface area (Å²) in [5, 5.41) is 8.77. The summed E-state index contributed by atoms with van der Waals surface area (Å²) in [6.07, 6.45) is 2.63. The molecule has 1 saturated carbocycles. The Bertz CT molecular complexity index is 451. The van der Waals surface area contributed by atoms with Crippen LogP contribution in [0.2, 0.25) is 0 Å². The van der Waals surface area contributed by atoms with Crippen molar-refractivity contribution >= 4 is 11.9 Å². The highest BCUT2D eigenvalue weighted by Crippen LogP contribution is 2.44. The van der Waals surface area contributed by atoms with Gasteiger partial charge in [0.25, 0.3) is 0 Å². The van der Waals surface area contributed by atoms with Crippen molar-refractivity contribution in [2.24, 2.45) is 0 Å². The lowest BCUT2D eigenvalue weighted by Crippen LogP contribution is -2.50. The van der Waals surface area contributed by atoms with Gasteiger partial charge in [-0.1, -0.05) is 36.8 Å². The van der Waals surface area contributed by atoms with Crippen LogP contribution in [0.25, 0.3) is 0 Å². The number of carbonyl (C=O) groups is 2. The monoisotopic (exact) mass is 247 g/mol. The van der Waals surface area contributed by atoms with Crippen molar-refractivity contribution in [2.75, 3.05) is 13.6 Å². The molecule has 0 radical (unpaired) electrons. The maximum Gasteiger partial charge on any atom is 0.323 e. The quantitative estimate of drug-likeness (QED) is 0.880. The van der Waals surface area contributed by atoms with Crippen LogP contribution in [0.5, 0.6) is 0 Å². The van der Waals surface area contributed by atoms with Gasteiger partial charge in [-0.05, 0) is 18.4 Å². The second-order valence-electron chi connectivity index (χ2n) is 4.86. The molecule has 1 aromatic rings. The molecule has 0 spiro atoms. The van der Waals surface area contributed by atoms with Gasteiger partial charge >= 0.3 is 5.97 Å². The van der Waals surface area contributed by atoms with Crippen LogP contribution in [0.4, 0.5) is 0 Å². The average molecular weight is 247 g/mol. The Labute approximate surface area is 106 Å². The van der Waals surface area contributed by atoms with E-state index in [1.54, 1.807) is 7.05 Å². The fraction of sp³-hybridized carbons (Fsp3) is 0.429. The standard InChI is InChI=1S/C14H17NO3/c1-15(10-12(16)17)13(18)14(8-5-9-14)11-6-3-2-4-7-11/h2-4,6-7H,5,8-10H2,1H3,(H,16,17). The van der Waals surface area contributed by atoms with Crippen molar-refractivity contribution < 1.29 is 14.7 Å². The molecular formula is C14H17NO3. The highest BCUT2D eigenvalue weighted by Gasteiger charge is 2.47. The van der Waals surface area contributed by atoms with Crippen LogP contribution < -0.4 is 0 Å². The van der Waals surface area contributed by atoms with E-state index in [-0.39, 0.29) is 12.5 Å². The average Bonchev–Trinajstić information content (AvgIpc) is 2.28. The number of hydrogen-bond donors (Lipinski definition) is 1. The summed E-state index contributed by atoms with van der Waals surface area (Å²) < 4.78 is 0. The van der Waals surface area contributed by atoms with Crippen LogP contribution in [0.1, 0.15) is 24.8 Å². The molecule has 1 N–H and O–H groups in total. The number of nitrogens with zero attached hydrogens (tertiary/aromatic N) is 1. The van der Waals surface area contributed by atoms with E-state index in [0.29, 0.717) is 0 Å². The smallest absolute Gasteiger partial charge is 0.323 e. The molecule has 4 heteroatoms. The third-order valence-electron chi connectivity index (χ3n) is 3.66. The van der Waals surface area contributed by atoms with Crippen molar-refractivity contribution in [3.05, 3.63) is 35.9 Å². The Hall–Kier alpha value is -1.84. The molecule has 1 aliphatic carbocycles. The third kappa shape index (κ3) is 2.10. The first-order valence-corrected chi connectivity index (χ1v) is 6.09. The van der Waals surface area contributed by atoms with Crippen molar-refractivity contribution in [3.8, 4) is 0 Å². The van der Waals surface area contributed by atoms with Crippen molar-refractivity contribution in [3.63, 3.8) is 0 Å². The molecule has 0 saturated heterocycles. The van der Waals surface area contributed by atoms with Gasteiger partial charge in [0.15, 0.2) is 0 Å². The Kier molecular flexibility index (Phi) is 3.36. The Morgan fingerprint density at radius 2 is 1.89 bits per heavy atom. The van der Waals surface area contributed by atoms with Crippen LogP contribution >= 0.6 is 0 Å². The van der Waals surface area contributed by atoms with Gasteiger partial charge in [-0.25, -0.2) is 0 Å². The Morgan fingerprint density at radius 1 is 1.28 bits per heavy atom. The summed E-state index contributed by atoms with van der Waals surface area (Å²) in [6, 6.07) is 9.65. The minimum absolute atomic E-state index is 0.0812. The van der Waals surface area contributed by atoms with Crippen LogP contribution in [-0.4, -0.2) is 35.5 Å². The van der Waals surface area contributed by atoms with E-state index < -0.39 is 11.4 Å². The Morgan fingerprint density at radius 3 is 2.33 bits per heavy atom. The van der Waals surface area contributed by atoms with Gasteiger partial charge in [0.1, 0.15) is 6.54 Å². The lowest BCUT2D eigenvalue weighted by atomic mass is 9.63. The number of carboxylic acids is 1. The van der Waals surface area contributed by atoms with Crippen molar-refractivity contribution in [1.82, 2.24) is 4.90 Å². The summed E-state index contributed by atoms with van der Waals surface area (Å²) in [5.74, 6) is -1.06. The van der Waals surface area contributed by atoms with Gasteiger partial charge < -0.3 is 10.0 Å². The highest BCUT2D eigenvalue weighted by atomic mass is 16.4.